The van der Waals surface area contributed by atoms with Gasteiger partial charge in [-0.05, 0) is 90.3 Å². The summed E-state index contributed by atoms with van der Waals surface area (Å²) in [5, 5.41) is 9.16. The average Bonchev–Trinajstić information content (AvgIpc) is 2.66. The van der Waals surface area contributed by atoms with Gasteiger partial charge in [-0.15, -0.1) is 0 Å². The second-order valence-corrected chi connectivity index (χ2v) is 12.9. The van der Waals surface area contributed by atoms with Crippen LogP contribution in [0.25, 0.3) is 0 Å². The van der Waals surface area contributed by atoms with E-state index in [1.165, 1.54) is 38.2 Å². The van der Waals surface area contributed by atoms with Crippen molar-refractivity contribution in [2.75, 3.05) is 0 Å². The van der Waals surface area contributed by atoms with Crippen molar-refractivity contribution in [3.05, 3.63) is 12.2 Å². The van der Waals surface area contributed by atoms with Crippen LogP contribution in [0, 0.1) is 44.8 Å². The molecule has 0 aromatic heterocycles. The minimum Gasteiger partial charge on any atom is -0.478 e. The molecule has 0 saturated heterocycles. The molecule has 4 rings (SSSR count). The van der Waals surface area contributed by atoms with Crippen molar-refractivity contribution in [1.29, 1.82) is 0 Å². The Morgan fingerprint density at radius 1 is 0.933 bits per heavy atom. The summed E-state index contributed by atoms with van der Waals surface area (Å²) in [6, 6.07) is 0. The van der Waals surface area contributed by atoms with Crippen LogP contribution < -0.4 is 0 Å². The van der Waals surface area contributed by atoms with Gasteiger partial charge < -0.3 is 5.11 Å². The maximum Gasteiger partial charge on any atom is 0.327 e. The fourth-order valence-corrected chi connectivity index (χ4v) is 9.36. The molecule has 4 saturated carbocycles. The number of carbonyl (C=O) groups is 2. The van der Waals surface area contributed by atoms with Crippen molar-refractivity contribution in [2.24, 2.45) is 44.8 Å². The predicted octanol–water partition coefficient (Wildman–Crippen LogP) is 6.66. The molecule has 1 N–H and O–H groups in total. The summed E-state index contributed by atoms with van der Waals surface area (Å²) in [5.74, 6) is 1.21. The molecule has 0 unspecified atom stereocenters. The van der Waals surface area contributed by atoms with Crippen LogP contribution >= 0.6 is 0 Å². The number of carboxylic acid groups (broad SMARTS) is 1. The van der Waals surface area contributed by atoms with Gasteiger partial charge in [-0.25, -0.2) is 4.79 Å². The number of carbonyl (C=O) groups excluding carboxylic acids is 1. The molecule has 0 aromatic carbocycles. The van der Waals surface area contributed by atoms with Crippen molar-refractivity contribution in [3.8, 4) is 0 Å². The highest BCUT2D eigenvalue weighted by Crippen LogP contribution is 2.75. The molecule has 0 bridgehead atoms. The van der Waals surface area contributed by atoms with Crippen LogP contribution in [0.2, 0.25) is 0 Å². The van der Waals surface area contributed by atoms with E-state index in [0.29, 0.717) is 28.4 Å². The number of ketones is 1. The minimum atomic E-state index is -0.835. The van der Waals surface area contributed by atoms with E-state index in [-0.39, 0.29) is 22.2 Å². The third-order valence-electron chi connectivity index (χ3n) is 11.5. The number of allylic oxidation sites excluding steroid dienone is 1. The van der Waals surface area contributed by atoms with Crippen molar-refractivity contribution < 1.29 is 14.7 Å². The molecule has 4 fully saturated rings. The third-order valence-corrected chi connectivity index (χ3v) is 11.5. The number of fused-ring (bicyclic) bond motifs is 5. The maximum absolute atomic E-state index is 12.6. The molecule has 0 radical (unpaired) electrons. The van der Waals surface area contributed by atoms with E-state index in [0.717, 1.165) is 25.7 Å². The highest BCUT2D eigenvalue weighted by molar-refractivity contribution is 5.82. The average molecular weight is 415 g/mol. The largest absolute Gasteiger partial charge is 0.478 e. The second kappa shape index (κ2) is 6.69. The summed E-state index contributed by atoms with van der Waals surface area (Å²) in [5.41, 5.74) is 1.01. The maximum atomic E-state index is 12.6. The van der Waals surface area contributed by atoms with Gasteiger partial charge >= 0.3 is 5.97 Å². The fraction of sp³-hybridized carbons (Fsp3) is 0.852. The molecule has 4 aliphatic carbocycles. The van der Waals surface area contributed by atoms with Gasteiger partial charge in [0.2, 0.25) is 0 Å². The predicted molar refractivity (Wildman–Crippen MR) is 120 cm³/mol. The van der Waals surface area contributed by atoms with E-state index in [9.17, 15) is 9.59 Å². The van der Waals surface area contributed by atoms with Crippen LogP contribution in [0.15, 0.2) is 12.2 Å². The lowest BCUT2D eigenvalue weighted by atomic mass is 9.33. The van der Waals surface area contributed by atoms with Gasteiger partial charge in [0.05, 0.1) is 0 Å². The SMILES string of the molecule is C[C@H]1C(=O)CC[C@@H]2[C@]1(C)CC[C@H]1[C@@]2(C)CC[C@@]2(C)C[C@](C)(C=CC(=O)O)CC[C@]12C. The molecule has 0 spiro atoms. The minimum absolute atomic E-state index is 0.0185. The molecule has 3 heteroatoms. The molecule has 3 nitrogen and oxygen atoms in total. The first-order chi connectivity index (χ1) is 13.8. The smallest absolute Gasteiger partial charge is 0.327 e. The lowest BCUT2D eigenvalue weighted by molar-refractivity contribution is -0.222. The zero-order valence-electron chi connectivity index (χ0n) is 20.0. The van der Waals surface area contributed by atoms with E-state index in [2.05, 4.69) is 41.5 Å². The van der Waals surface area contributed by atoms with E-state index in [1.807, 2.05) is 6.08 Å². The summed E-state index contributed by atoms with van der Waals surface area (Å²) in [4.78, 5) is 23.7. The van der Waals surface area contributed by atoms with Crippen LogP contribution in [0.1, 0.15) is 99.3 Å². The van der Waals surface area contributed by atoms with E-state index < -0.39 is 5.97 Å². The molecule has 0 heterocycles. The molecule has 168 valence electrons. The standard InChI is InChI=1S/C27H42O3/c1-18-19(28)7-8-20-25(18,4)12-9-21-26(20,5)15-14-24(3)17-23(2,11-10-22(29)30)13-16-27(21,24)6/h10-11,18,20-21H,7-9,12-17H2,1-6H3,(H,29,30)/t18-,20+,21-,23+,24-,25+,26-,27+/m0/s1. The van der Waals surface area contributed by atoms with Crippen molar-refractivity contribution in [2.45, 2.75) is 99.3 Å². The van der Waals surface area contributed by atoms with E-state index in [4.69, 9.17) is 5.11 Å². The molecule has 0 amide bonds. The number of aliphatic carboxylic acids is 1. The Hall–Kier alpha value is -1.12. The summed E-state index contributed by atoms with van der Waals surface area (Å²) >= 11 is 0. The van der Waals surface area contributed by atoms with Crippen LogP contribution in [0.4, 0.5) is 0 Å². The topological polar surface area (TPSA) is 54.4 Å². The number of rotatable bonds is 2. The summed E-state index contributed by atoms with van der Waals surface area (Å²) in [6.07, 6.45) is 13.4. The molecular weight excluding hydrogens is 372 g/mol. The molecule has 4 aliphatic rings. The highest BCUT2D eigenvalue weighted by atomic mass is 16.4. The van der Waals surface area contributed by atoms with Gasteiger partial charge in [0, 0.05) is 18.4 Å². The highest BCUT2D eigenvalue weighted by Gasteiger charge is 2.67. The van der Waals surface area contributed by atoms with Crippen LogP contribution in [-0.2, 0) is 9.59 Å². The monoisotopic (exact) mass is 414 g/mol. The summed E-state index contributed by atoms with van der Waals surface area (Å²) < 4.78 is 0. The van der Waals surface area contributed by atoms with Gasteiger partial charge in [-0.1, -0.05) is 47.6 Å². The molecule has 8 atom stereocenters. The number of carboxylic acids is 1. The van der Waals surface area contributed by atoms with Gasteiger partial charge in [-0.2, -0.15) is 0 Å². The van der Waals surface area contributed by atoms with Crippen molar-refractivity contribution in [1.82, 2.24) is 0 Å². The summed E-state index contributed by atoms with van der Waals surface area (Å²) in [7, 11) is 0. The Balaban J connectivity index is 1.67. The molecule has 0 aromatic rings. The van der Waals surface area contributed by atoms with Crippen LogP contribution in [0.5, 0.6) is 0 Å². The lowest BCUT2D eigenvalue weighted by Gasteiger charge is -2.71. The molecule has 0 aliphatic heterocycles. The fourth-order valence-electron chi connectivity index (χ4n) is 9.36. The zero-order chi connectivity index (χ0) is 22.2. The molecule has 30 heavy (non-hydrogen) atoms. The number of Topliss-reactive ketones (excluding diaryl/α,β-unsaturated/α-hetero) is 1. The molecular formula is C27H42O3. The normalized spacial score (nSPS) is 53.7. The van der Waals surface area contributed by atoms with Crippen molar-refractivity contribution in [3.63, 3.8) is 0 Å². The third kappa shape index (κ3) is 2.89. The van der Waals surface area contributed by atoms with Gasteiger partial charge in [0.25, 0.3) is 0 Å². The van der Waals surface area contributed by atoms with Crippen LogP contribution in [0.3, 0.4) is 0 Å². The Morgan fingerprint density at radius 3 is 2.30 bits per heavy atom. The summed E-state index contributed by atoms with van der Waals surface area (Å²) in [6.45, 7) is 14.5. The quantitative estimate of drug-likeness (QED) is 0.514. The van der Waals surface area contributed by atoms with Gasteiger partial charge in [0.1, 0.15) is 5.78 Å². The first kappa shape index (κ1) is 22.1. The second-order valence-electron chi connectivity index (χ2n) is 12.9. The van der Waals surface area contributed by atoms with E-state index in [1.54, 1.807) is 0 Å². The van der Waals surface area contributed by atoms with Crippen molar-refractivity contribution >= 4 is 11.8 Å². The van der Waals surface area contributed by atoms with Gasteiger partial charge in [-0.3, -0.25) is 4.79 Å². The Bertz CT molecular complexity index is 785. The lowest BCUT2D eigenvalue weighted by Crippen LogP contribution is -2.64. The Morgan fingerprint density at radius 2 is 1.63 bits per heavy atom. The number of hydrogen-bond donors (Lipinski definition) is 1. The Kier molecular flexibility index (Phi) is 4.92. The van der Waals surface area contributed by atoms with Crippen LogP contribution in [-0.4, -0.2) is 16.9 Å². The van der Waals surface area contributed by atoms with E-state index >= 15 is 0 Å². The van der Waals surface area contributed by atoms with Gasteiger partial charge in [0.15, 0.2) is 0 Å². The first-order valence-electron chi connectivity index (χ1n) is 12.2. The first-order valence-corrected chi connectivity index (χ1v) is 12.2. The Labute approximate surface area is 183 Å². The number of hydrogen-bond acceptors (Lipinski definition) is 2. The zero-order valence-corrected chi connectivity index (χ0v) is 20.0.